The summed E-state index contributed by atoms with van der Waals surface area (Å²) in [5.74, 6) is 0.154. The van der Waals surface area contributed by atoms with E-state index >= 15 is 0 Å². The van der Waals surface area contributed by atoms with Crippen LogP contribution < -0.4 is 0 Å². The number of thioether (sulfide) groups is 1. The fourth-order valence-electron chi connectivity index (χ4n) is 3.46. The quantitative estimate of drug-likeness (QED) is 0.788. The van der Waals surface area contributed by atoms with Crippen LogP contribution in [-0.4, -0.2) is 59.7 Å². The fraction of sp³-hybridized carbons (Fsp3) is 0.579. The lowest BCUT2D eigenvalue weighted by molar-refractivity contribution is -0.148. The first-order valence-corrected chi connectivity index (χ1v) is 10.1. The van der Waals surface area contributed by atoms with Crippen molar-refractivity contribution in [1.29, 1.82) is 0 Å². The van der Waals surface area contributed by atoms with Gasteiger partial charge in [-0.15, -0.1) is 11.8 Å². The molecule has 0 aliphatic carbocycles. The molecule has 2 aliphatic rings. The first-order chi connectivity index (χ1) is 12.5. The van der Waals surface area contributed by atoms with Crippen LogP contribution in [-0.2, 0) is 14.3 Å². The van der Waals surface area contributed by atoms with Crippen LogP contribution in [0.15, 0.2) is 24.3 Å². The summed E-state index contributed by atoms with van der Waals surface area (Å²) < 4.78 is 19.0. The highest BCUT2D eigenvalue weighted by atomic mass is 32.2. The number of halogens is 1. The van der Waals surface area contributed by atoms with Gasteiger partial charge in [-0.2, -0.15) is 0 Å². The molecule has 7 heteroatoms. The number of hydrogen-bond acceptors (Lipinski definition) is 4. The molecule has 26 heavy (non-hydrogen) atoms. The van der Waals surface area contributed by atoms with Crippen LogP contribution in [0.1, 0.15) is 31.2 Å². The zero-order valence-electron chi connectivity index (χ0n) is 15.2. The van der Waals surface area contributed by atoms with Gasteiger partial charge in [0.05, 0.1) is 19.0 Å². The Hall–Kier alpha value is -1.60. The summed E-state index contributed by atoms with van der Waals surface area (Å²) in [6.07, 6.45) is 0.592. The Morgan fingerprint density at radius 3 is 2.73 bits per heavy atom. The largest absolute Gasteiger partial charge is 0.378 e. The Kier molecular flexibility index (Phi) is 6.19. The molecule has 5 nitrogen and oxygen atoms in total. The summed E-state index contributed by atoms with van der Waals surface area (Å²) in [5, 5.41) is -0.327. The molecule has 0 aromatic heterocycles. The van der Waals surface area contributed by atoms with Gasteiger partial charge in [0, 0.05) is 13.1 Å². The maximum Gasteiger partial charge on any atom is 0.245 e. The molecule has 2 saturated heterocycles. The summed E-state index contributed by atoms with van der Waals surface area (Å²) in [6, 6.07) is 5.78. The van der Waals surface area contributed by atoms with Crippen molar-refractivity contribution >= 4 is 23.6 Å². The molecule has 0 spiro atoms. The number of nitrogens with zero attached hydrogens (tertiary/aromatic N) is 2. The number of benzene rings is 1. The highest BCUT2D eigenvalue weighted by molar-refractivity contribution is 8.00. The Morgan fingerprint density at radius 1 is 1.35 bits per heavy atom. The Labute approximate surface area is 157 Å². The molecule has 142 valence electrons. The second-order valence-corrected chi connectivity index (χ2v) is 8.17. The molecule has 0 N–H and O–H groups in total. The third kappa shape index (κ3) is 4.20. The number of amides is 2. The molecule has 1 aromatic carbocycles. The Morgan fingerprint density at radius 2 is 2.08 bits per heavy atom. The van der Waals surface area contributed by atoms with Crippen LogP contribution >= 0.6 is 11.8 Å². The predicted octanol–water partition coefficient (Wildman–Crippen LogP) is 2.67. The summed E-state index contributed by atoms with van der Waals surface area (Å²) >= 11 is 1.45. The maximum atomic E-state index is 13.7. The van der Waals surface area contributed by atoms with E-state index in [1.807, 2.05) is 19.9 Å². The van der Waals surface area contributed by atoms with Crippen molar-refractivity contribution in [2.75, 3.05) is 32.1 Å². The average Bonchev–Trinajstić information content (AvgIpc) is 3.01. The lowest BCUT2D eigenvalue weighted by Gasteiger charge is -2.37. The third-order valence-corrected chi connectivity index (χ3v) is 5.91. The summed E-state index contributed by atoms with van der Waals surface area (Å²) in [5.41, 5.74) is 0.726. The number of hydrogen-bond donors (Lipinski definition) is 0. The molecule has 1 aromatic rings. The standard InChI is InChI=1S/C19H25FN2O3S/c1-13(2)10-16(18(24)21-6-8-25-9-7-21)22-17(23)12-26-19(22)14-4-3-5-15(20)11-14/h3-5,11,13,16,19H,6-10,12H2,1-2H3/t16-,19-/m0/s1. The average molecular weight is 380 g/mol. The van der Waals surface area contributed by atoms with Gasteiger partial charge in [-0.05, 0) is 30.0 Å². The van der Waals surface area contributed by atoms with E-state index in [2.05, 4.69) is 0 Å². The zero-order chi connectivity index (χ0) is 18.7. The van der Waals surface area contributed by atoms with E-state index in [0.29, 0.717) is 38.5 Å². The van der Waals surface area contributed by atoms with Crippen LogP contribution in [0.3, 0.4) is 0 Å². The normalized spacial score (nSPS) is 22.2. The topological polar surface area (TPSA) is 49.9 Å². The first kappa shape index (κ1) is 19.2. The van der Waals surface area contributed by atoms with Crippen LogP contribution in [0.4, 0.5) is 4.39 Å². The van der Waals surface area contributed by atoms with Crippen molar-refractivity contribution in [3.63, 3.8) is 0 Å². The zero-order valence-corrected chi connectivity index (χ0v) is 16.0. The molecular weight excluding hydrogens is 355 g/mol. The van der Waals surface area contributed by atoms with E-state index in [4.69, 9.17) is 4.74 Å². The molecule has 0 bridgehead atoms. The van der Waals surface area contributed by atoms with E-state index in [-0.39, 0.29) is 28.9 Å². The van der Waals surface area contributed by atoms with E-state index in [1.54, 1.807) is 15.9 Å². The molecule has 2 atom stereocenters. The van der Waals surface area contributed by atoms with Gasteiger partial charge in [0.2, 0.25) is 11.8 Å². The number of ether oxygens (including phenoxy) is 1. The molecule has 0 saturated carbocycles. The highest BCUT2D eigenvalue weighted by Crippen LogP contribution is 2.41. The van der Waals surface area contributed by atoms with Gasteiger partial charge in [-0.3, -0.25) is 9.59 Å². The van der Waals surface area contributed by atoms with E-state index in [9.17, 15) is 14.0 Å². The monoisotopic (exact) mass is 380 g/mol. The number of carbonyl (C=O) groups excluding carboxylic acids is 2. The minimum atomic E-state index is -0.524. The third-order valence-electron chi connectivity index (χ3n) is 4.68. The minimum Gasteiger partial charge on any atom is -0.378 e. The van der Waals surface area contributed by atoms with Crippen molar-refractivity contribution in [3.8, 4) is 0 Å². The second-order valence-electron chi connectivity index (χ2n) is 7.10. The fourth-order valence-corrected chi connectivity index (χ4v) is 4.68. The Bertz CT molecular complexity index is 664. The van der Waals surface area contributed by atoms with Gasteiger partial charge in [-0.1, -0.05) is 26.0 Å². The second kappa shape index (κ2) is 8.39. The van der Waals surface area contributed by atoms with Crippen molar-refractivity contribution in [3.05, 3.63) is 35.6 Å². The molecule has 2 aliphatic heterocycles. The molecule has 3 rings (SSSR count). The first-order valence-electron chi connectivity index (χ1n) is 9.02. The van der Waals surface area contributed by atoms with Gasteiger partial charge < -0.3 is 14.5 Å². The summed E-state index contributed by atoms with van der Waals surface area (Å²) in [7, 11) is 0. The molecule has 2 amide bonds. The molecule has 0 radical (unpaired) electrons. The summed E-state index contributed by atoms with van der Waals surface area (Å²) in [4.78, 5) is 29.3. The van der Waals surface area contributed by atoms with Crippen molar-refractivity contribution < 1.29 is 18.7 Å². The highest BCUT2D eigenvalue weighted by Gasteiger charge is 2.42. The molecule has 0 unspecified atom stereocenters. The van der Waals surface area contributed by atoms with E-state index in [1.165, 1.54) is 23.9 Å². The van der Waals surface area contributed by atoms with Crippen LogP contribution in [0, 0.1) is 11.7 Å². The SMILES string of the molecule is CC(C)C[C@@H](C(=O)N1CCOCC1)N1C(=O)CS[C@H]1c1cccc(F)c1. The van der Waals surface area contributed by atoms with Gasteiger partial charge in [0.25, 0.3) is 0 Å². The lowest BCUT2D eigenvalue weighted by Crippen LogP contribution is -2.53. The number of carbonyl (C=O) groups is 2. The number of morpholine rings is 1. The summed E-state index contributed by atoms with van der Waals surface area (Å²) in [6.45, 7) is 6.24. The lowest BCUT2D eigenvalue weighted by atomic mass is 9.99. The molecule has 2 heterocycles. The smallest absolute Gasteiger partial charge is 0.245 e. The number of rotatable bonds is 5. The van der Waals surface area contributed by atoms with Crippen molar-refractivity contribution in [1.82, 2.24) is 9.80 Å². The predicted molar refractivity (Wildman–Crippen MR) is 99.1 cm³/mol. The van der Waals surface area contributed by atoms with Crippen LogP contribution in [0.5, 0.6) is 0 Å². The maximum absolute atomic E-state index is 13.7. The van der Waals surface area contributed by atoms with Crippen molar-refractivity contribution in [2.45, 2.75) is 31.7 Å². The minimum absolute atomic E-state index is 0.0285. The van der Waals surface area contributed by atoms with Crippen LogP contribution in [0.25, 0.3) is 0 Å². The van der Waals surface area contributed by atoms with Crippen LogP contribution in [0.2, 0.25) is 0 Å². The van der Waals surface area contributed by atoms with E-state index in [0.717, 1.165) is 5.56 Å². The molecular formula is C19H25FN2O3S. The van der Waals surface area contributed by atoms with Gasteiger partial charge in [0.15, 0.2) is 0 Å². The van der Waals surface area contributed by atoms with Gasteiger partial charge >= 0.3 is 0 Å². The van der Waals surface area contributed by atoms with Crippen molar-refractivity contribution in [2.24, 2.45) is 5.92 Å². The van der Waals surface area contributed by atoms with E-state index < -0.39 is 6.04 Å². The molecule has 2 fully saturated rings. The van der Waals surface area contributed by atoms with Gasteiger partial charge in [-0.25, -0.2) is 4.39 Å². The van der Waals surface area contributed by atoms with Gasteiger partial charge in [0.1, 0.15) is 17.2 Å². The Balaban J connectivity index is 1.89.